The van der Waals surface area contributed by atoms with Gasteiger partial charge in [-0.05, 0) is 24.3 Å². The van der Waals surface area contributed by atoms with Gasteiger partial charge < -0.3 is 5.11 Å². The Morgan fingerprint density at radius 2 is 2.05 bits per heavy atom. The van der Waals surface area contributed by atoms with E-state index in [1.807, 2.05) is 0 Å². The van der Waals surface area contributed by atoms with Gasteiger partial charge in [-0.3, -0.25) is 4.72 Å². The monoisotopic (exact) mass is 317 g/mol. The Kier molecular flexibility index (Phi) is 3.79. The van der Waals surface area contributed by atoms with Gasteiger partial charge in [0, 0.05) is 10.4 Å². The second kappa shape index (κ2) is 5.20. The summed E-state index contributed by atoms with van der Waals surface area (Å²) in [5.41, 5.74) is 0.259. The molecule has 0 amide bonds. The number of hydrogen-bond acceptors (Lipinski definition) is 4. The zero-order valence-electron chi connectivity index (χ0n) is 9.33. The average Bonchev–Trinajstić information content (AvgIpc) is 2.78. The molecule has 0 atom stereocenters. The number of rotatable bonds is 4. The molecule has 2 aromatic rings. The van der Waals surface area contributed by atoms with Crippen molar-refractivity contribution in [1.29, 1.82) is 0 Å². The standard InChI is InChI=1S/C11H8ClNO4S2/c12-8-2-1-3-9(5-8)13-19(16,17)10-4-7(6-18-10)11(14)15/h1-6,13H,(H,14,15). The van der Waals surface area contributed by atoms with Gasteiger partial charge >= 0.3 is 5.97 Å². The number of nitrogens with one attached hydrogen (secondary N) is 1. The Bertz CT molecular complexity index is 724. The number of sulfonamides is 1. The molecule has 100 valence electrons. The summed E-state index contributed by atoms with van der Waals surface area (Å²) in [6, 6.07) is 7.35. The van der Waals surface area contributed by atoms with Crippen LogP contribution in [-0.2, 0) is 10.0 Å². The maximum atomic E-state index is 12.0. The molecule has 1 heterocycles. The molecule has 0 saturated heterocycles. The van der Waals surface area contributed by atoms with Crippen LogP contribution in [0.5, 0.6) is 0 Å². The van der Waals surface area contributed by atoms with E-state index in [0.717, 1.165) is 17.4 Å². The normalized spacial score (nSPS) is 11.2. The Hall–Kier alpha value is -1.57. The summed E-state index contributed by atoms with van der Waals surface area (Å²) < 4.78 is 26.3. The molecule has 19 heavy (non-hydrogen) atoms. The molecule has 2 rings (SSSR count). The third-order valence-electron chi connectivity index (χ3n) is 2.16. The Morgan fingerprint density at radius 1 is 1.32 bits per heavy atom. The van der Waals surface area contributed by atoms with Gasteiger partial charge in [0.1, 0.15) is 4.21 Å². The van der Waals surface area contributed by atoms with Crippen LogP contribution in [0.15, 0.2) is 39.9 Å². The number of benzene rings is 1. The molecule has 0 saturated carbocycles. The van der Waals surface area contributed by atoms with E-state index in [1.165, 1.54) is 11.4 Å². The molecule has 2 N–H and O–H groups in total. The van der Waals surface area contributed by atoms with Crippen LogP contribution in [0.2, 0.25) is 5.02 Å². The van der Waals surface area contributed by atoms with E-state index in [0.29, 0.717) is 10.7 Å². The second-order valence-corrected chi connectivity index (χ2v) is 6.83. The topological polar surface area (TPSA) is 83.5 Å². The summed E-state index contributed by atoms with van der Waals surface area (Å²) in [4.78, 5) is 10.7. The third-order valence-corrected chi connectivity index (χ3v) is 5.22. The molecule has 0 unspecified atom stereocenters. The largest absolute Gasteiger partial charge is 0.478 e. The maximum absolute atomic E-state index is 12.0. The first kappa shape index (κ1) is 13.9. The van der Waals surface area contributed by atoms with E-state index in [2.05, 4.69) is 4.72 Å². The molecule has 0 spiro atoms. The Morgan fingerprint density at radius 3 is 2.63 bits per heavy atom. The van der Waals surface area contributed by atoms with Crippen molar-refractivity contribution in [1.82, 2.24) is 0 Å². The average molecular weight is 318 g/mol. The summed E-state index contributed by atoms with van der Waals surface area (Å²) in [6.45, 7) is 0. The summed E-state index contributed by atoms with van der Waals surface area (Å²) >= 11 is 6.60. The lowest BCUT2D eigenvalue weighted by molar-refractivity contribution is 0.0697. The Balaban J connectivity index is 2.29. The van der Waals surface area contributed by atoms with Crippen LogP contribution < -0.4 is 4.72 Å². The van der Waals surface area contributed by atoms with Crippen molar-refractivity contribution >= 4 is 44.6 Å². The van der Waals surface area contributed by atoms with E-state index in [4.69, 9.17) is 16.7 Å². The molecule has 0 aliphatic rings. The molecule has 0 fully saturated rings. The number of carboxylic acid groups (broad SMARTS) is 1. The minimum atomic E-state index is -3.80. The number of carbonyl (C=O) groups is 1. The lowest BCUT2D eigenvalue weighted by Gasteiger charge is -2.05. The van der Waals surface area contributed by atoms with Crippen LogP contribution in [0.1, 0.15) is 10.4 Å². The van der Waals surface area contributed by atoms with Crippen LogP contribution in [0, 0.1) is 0 Å². The van der Waals surface area contributed by atoms with Crippen molar-refractivity contribution in [2.24, 2.45) is 0 Å². The van der Waals surface area contributed by atoms with Gasteiger partial charge in [-0.2, -0.15) is 0 Å². The highest BCUT2D eigenvalue weighted by Crippen LogP contribution is 2.24. The molecule has 1 aromatic heterocycles. The summed E-state index contributed by atoms with van der Waals surface area (Å²) in [6.07, 6.45) is 0. The minimum absolute atomic E-state index is 0.0588. The van der Waals surface area contributed by atoms with Gasteiger partial charge in [-0.25, -0.2) is 13.2 Å². The highest BCUT2D eigenvalue weighted by Gasteiger charge is 2.19. The second-order valence-electron chi connectivity index (χ2n) is 3.58. The first-order valence-corrected chi connectivity index (χ1v) is 7.73. The lowest BCUT2D eigenvalue weighted by Crippen LogP contribution is -2.11. The fourth-order valence-electron chi connectivity index (χ4n) is 1.33. The highest BCUT2D eigenvalue weighted by molar-refractivity contribution is 7.94. The van der Waals surface area contributed by atoms with Gasteiger partial charge in [0.2, 0.25) is 0 Å². The minimum Gasteiger partial charge on any atom is -0.478 e. The van der Waals surface area contributed by atoms with Crippen molar-refractivity contribution in [3.8, 4) is 0 Å². The predicted octanol–water partition coefficient (Wildman–Crippen LogP) is 2.90. The number of hydrogen-bond donors (Lipinski definition) is 2. The lowest BCUT2D eigenvalue weighted by atomic mass is 10.3. The fourth-order valence-corrected chi connectivity index (χ4v) is 3.72. The van der Waals surface area contributed by atoms with Gasteiger partial charge in [0.05, 0.1) is 11.3 Å². The smallest absolute Gasteiger partial charge is 0.336 e. The zero-order chi connectivity index (χ0) is 14.0. The van der Waals surface area contributed by atoms with E-state index in [1.54, 1.807) is 18.2 Å². The number of carboxylic acids is 1. The number of aromatic carboxylic acids is 1. The first-order valence-electron chi connectivity index (χ1n) is 4.99. The van der Waals surface area contributed by atoms with E-state index in [9.17, 15) is 13.2 Å². The van der Waals surface area contributed by atoms with Crippen LogP contribution in [0.3, 0.4) is 0 Å². The molecule has 5 nitrogen and oxygen atoms in total. The molecular formula is C11H8ClNO4S2. The van der Waals surface area contributed by atoms with Gasteiger partial charge in [-0.15, -0.1) is 11.3 Å². The summed E-state index contributed by atoms with van der Waals surface area (Å²) in [7, 11) is -3.80. The molecular weight excluding hydrogens is 310 g/mol. The van der Waals surface area contributed by atoms with Crippen LogP contribution in [-0.4, -0.2) is 19.5 Å². The molecule has 0 aliphatic heterocycles. The number of thiophene rings is 1. The van der Waals surface area contributed by atoms with Crippen molar-refractivity contribution in [2.75, 3.05) is 4.72 Å². The first-order chi connectivity index (χ1) is 8.88. The fraction of sp³-hybridized carbons (Fsp3) is 0. The van der Waals surface area contributed by atoms with Gasteiger partial charge in [0.25, 0.3) is 10.0 Å². The van der Waals surface area contributed by atoms with Crippen LogP contribution in [0.4, 0.5) is 5.69 Å². The van der Waals surface area contributed by atoms with Gasteiger partial charge in [-0.1, -0.05) is 17.7 Å². The molecule has 0 bridgehead atoms. The van der Waals surface area contributed by atoms with Crippen molar-refractivity contribution in [2.45, 2.75) is 4.21 Å². The quantitative estimate of drug-likeness (QED) is 0.908. The summed E-state index contributed by atoms with van der Waals surface area (Å²) in [5.74, 6) is -1.17. The van der Waals surface area contributed by atoms with Crippen molar-refractivity contribution < 1.29 is 18.3 Å². The van der Waals surface area contributed by atoms with E-state index in [-0.39, 0.29) is 9.77 Å². The third kappa shape index (κ3) is 3.25. The Labute approximate surface area is 118 Å². The number of halogens is 1. The molecule has 0 radical (unpaired) electrons. The van der Waals surface area contributed by atoms with Crippen molar-refractivity contribution in [3.05, 3.63) is 46.3 Å². The molecule has 0 aliphatic carbocycles. The number of anilines is 1. The molecule has 1 aromatic carbocycles. The zero-order valence-corrected chi connectivity index (χ0v) is 11.7. The predicted molar refractivity (Wildman–Crippen MR) is 73.5 cm³/mol. The van der Waals surface area contributed by atoms with E-state index < -0.39 is 16.0 Å². The van der Waals surface area contributed by atoms with Crippen LogP contribution >= 0.6 is 22.9 Å². The SMILES string of the molecule is O=C(O)c1csc(S(=O)(=O)Nc2cccc(Cl)c2)c1. The van der Waals surface area contributed by atoms with E-state index >= 15 is 0 Å². The molecule has 8 heteroatoms. The highest BCUT2D eigenvalue weighted by atomic mass is 35.5. The maximum Gasteiger partial charge on any atom is 0.336 e. The van der Waals surface area contributed by atoms with Crippen LogP contribution in [0.25, 0.3) is 0 Å². The summed E-state index contributed by atoms with van der Waals surface area (Å²) in [5, 5.41) is 10.4. The van der Waals surface area contributed by atoms with Crippen molar-refractivity contribution in [3.63, 3.8) is 0 Å². The van der Waals surface area contributed by atoms with Gasteiger partial charge in [0.15, 0.2) is 0 Å².